The Balaban J connectivity index is 0.000000333. The van der Waals surface area contributed by atoms with Crippen molar-refractivity contribution >= 4 is 53.2 Å². The van der Waals surface area contributed by atoms with Crippen LogP contribution in [-0.2, 0) is 47.7 Å². The number of aromatic nitrogens is 3. The molecule has 1 aromatic heterocycles. The van der Waals surface area contributed by atoms with Gasteiger partial charge in [0, 0.05) is 34.2 Å². The van der Waals surface area contributed by atoms with Crippen molar-refractivity contribution in [2.45, 2.75) is 148 Å². The van der Waals surface area contributed by atoms with E-state index < -0.39 is 17.2 Å². The fourth-order valence-corrected chi connectivity index (χ4v) is 6.58. The molecule has 0 spiro atoms. The lowest BCUT2D eigenvalue weighted by Gasteiger charge is -2.29. The van der Waals surface area contributed by atoms with Gasteiger partial charge in [-0.15, -0.1) is 17.5 Å². The predicted octanol–water partition coefficient (Wildman–Crippen LogP) is 4.69. The maximum Gasteiger partial charge on any atom is 0.337 e. The number of esters is 2. The zero-order valence-electron chi connectivity index (χ0n) is 37.9. The number of para-hydroxylation sites is 1. The molecule has 17 nitrogen and oxygen atoms in total. The molecule has 0 saturated carbocycles. The van der Waals surface area contributed by atoms with Crippen molar-refractivity contribution in [3.63, 3.8) is 0 Å². The number of hydrogen-bond donors (Lipinski definition) is 1. The number of carbonyl (C=O) groups excluding carboxylic acids is 5. The van der Waals surface area contributed by atoms with Crippen LogP contribution in [0.4, 0.5) is 0 Å². The number of nitrogens with two attached hydrogens (primary N) is 1. The van der Waals surface area contributed by atoms with Crippen LogP contribution in [0, 0.1) is 11.8 Å². The van der Waals surface area contributed by atoms with Crippen molar-refractivity contribution in [1.82, 2.24) is 25.0 Å². The Bertz CT molecular complexity index is 1670. The van der Waals surface area contributed by atoms with Crippen LogP contribution in [0.15, 0.2) is 24.3 Å². The molecular weight excluding hydrogens is 812 g/mol. The molecule has 0 aliphatic carbocycles. The van der Waals surface area contributed by atoms with Gasteiger partial charge in [0.05, 0.1) is 70.2 Å². The van der Waals surface area contributed by atoms with Crippen LogP contribution in [0.2, 0.25) is 0 Å². The molecule has 3 saturated heterocycles. The van der Waals surface area contributed by atoms with E-state index in [1.54, 1.807) is 50.1 Å². The van der Waals surface area contributed by atoms with E-state index in [1.807, 2.05) is 53.7 Å². The van der Waals surface area contributed by atoms with E-state index >= 15 is 0 Å². The summed E-state index contributed by atoms with van der Waals surface area (Å²) < 4.78 is 27.5. The number of fused-ring (bicyclic) bond motifs is 1. The standard InChI is InChI=1S/C19H25N3O5.C15H27NO4.C9H18N2O2.ClH/c1-19(2,3)26-17(23)10-13-8-9-14(25-12-13)11-18(24)27-22-16-7-5-4-6-15(16)20-21-22;1-15(2,3)20-14(18)8-11-6-7-12(19-10-11)9-13(17)16(4)5;1-11(2)9(12)5-8-4-3-7(10)6-13-8;/h4-7,13-14H,8-12H2,1-3H3;11-12H,6-10H2,1-5H3;7-8H,3-6,10H2,1-2H3;1H/t13-,14-;11-,12-;7-,8+;/m001./s1. The van der Waals surface area contributed by atoms with Gasteiger partial charge >= 0.3 is 17.9 Å². The van der Waals surface area contributed by atoms with Gasteiger partial charge in [0.15, 0.2) is 0 Å². The topological polar surface area (TPSA) is 204 Å². The maximum absolute atomic E-state index is 12.2. The van der Waals surface area contributed by atoms with Gasteiger partial charge in [-0.2, -0.15) is 0 Å². The van der Waals surface area contributed by atoms with E-state index in [1.165, 1.54) is 0 Å². The molecule has 3 aliphatic heterocycles. The third-order valence-electron chi connectivity index (χ3n) is 9.79. The van der Waals surface area contributed by atoms with Gasteiger partial charge < -0.3 is 44.1 Å². The molecule has 2 N–H and O–H groups in total. The Morgan fingerprint density at radius 1 is 0.656 bits per heavy atom. The summed E-state index contributed by atoms with van der Waals surface area (Å²) in [6.07, 6.45) is 6.72. The molecule has 61 heavy (non-hydrogen) atoms. The van der Waals surface area contributed by atoms with Crippen LogP contribution >= 0.6 is 12.4 Å². The number of ether oxygens (including phenoxy) is 5. The number of carbonyl (C=O) groups is 5. The first-order valence-electron chi connectivity index (χ1n) is 21.0. The predicted molar refractivity (Wildman–Crippen MR) is 230 cm³/mol. The van der Waals surface area contributed by atoms with Crippen LogP contribution in [0.1, 0.15) is 112 Å². The Labute approximate surface area is 367 Å². The molecule has 6 atom stereocenters. The fraction of sp³-hybridized carbons (Fsp3) is 0.744. The highest BCUT2D eigenvalue weighted by molar-refractivity contribution is 5.85. The SMILES string of the molecule is CC(C)(C)OC(=O)C[C@@H]1CC[C@@H](CC(=O)On2nnc3ccccc32)OC1.CN(C)C(=O)C[C@@H]1CC[C@@H](CC(=O)OC(C)(C)C)CO1.CN(C)C(=O)C[C@@H]1CC[C@@H](N)CO1.Cl. The van der Waals surface area contributed by atoms with Crippen molar-refractivity contribution in [2.24, 2.45) is 17.6 Å². The van der Waals surface area contributed by atoms with Gasteiger partial charge in [0.25, 0.3) is 0 Å². The first kappa shape index (κ1) is 53.2. The normalized spacial score (nSPS) is 22.7. The highest BCUT2D eigenvalue weighted by Gasteiger charge is 2.29. The summed E-state index contributed by atoms with van der Waals surface area (Å²) in [6.45, 7) is 12.7. The summed E-state index contributed by atoms with van der Waals surface area (Å²) in [4.78, 5) is 68.3. The molecule has 4 heterocycles. The van der Waals surface area contributed by atoms with Crippen molar-refractivity contribution < 1.29 is 52.5 Å². The van der Waals surface area contributed by atoms with Gasteiger partial charge in [-0.25, -0.2) is 4.79 Å². The summed E-state index contributed by atoms with van der Waals surface area (Å²) in [5.41, 5.74) is 6.04. The molecule has 18 heteroatoms. The van der Waals surface area contributed by atoms with Crippen molar-refractivity contribution in [1.29, 1.82) is 0 Å². The summed E-state index contributed by atoms with van der Waals surface area (Å²) in [7, 11) is 7.01. The van der Waals surface area contributed by atoms with Gasteiger partial charge in [-0.3, -0.25) is 19.2 Å². The summed E-state index contributed by atoms with van der Waals surface area (Å²) in [5, 5.41) is 7.78. The molecule has 1 aromatic carbocycles. The summed E-state index contributed by atoms with van der Waals surface area (Å²) in [6, 6.07) is 7.39. The van der Waals surface area contributed by atoms with Crippen LogP contribution < -0.4 is 10.6 Å². The molecule has 0 radical (unpaired) electrons. The van der Waals surface area contributed by atoms with Gasteiger partial charge in [0.2, 0.25) is 11.8 Å². The fourth-order valence-electron chi connectivity index (χ4n) is 6.58. The molecule has 0 bridgehead atoms. The second kappa shape index (κ2) is 25.3. The van der Waals surface area contributed by atoms with E-state index in [0.29, 0.717) is 63.0 Å². The number of benzene rings is 1. The smallest absolute Gasteiger partial charge is 0.337 e. The van der Waals surface area contributed by atoms with Crippen LogP contribution in [0.3, 0.4) is 0 Å². The van der Waals surface area contributed by atoms with Crippen LogP contribution in [-0.4, -0.2) is 138 Å². The van der Waals surface area contributed by atoms with Crippen LogP contribution in [0.25, 0.3) is 11.0 Å². The minimum atomic E-state index is -0.482. The van der Waals surface area contributed by atoms with Crippen molar-refractivity contribution in [2.75, 3.05) is 48.0 Å². The maximum atomic E-state index is 12.2. The Hall–Kier alpha value is -3.90. The Kier molecular flexibility index (Phi) is 22.1. The molecule has 3 aliphatic rings. The first-order valence-corrected chi connectivity index (χ1v) is 21.0. The molecule has 2 aromatic rings. The van der Waals surface area contributed by atoms with Crippen LogP contribution in [0.5, 0.6) is 0 Å². The molecular formula is C43H71ClN6O11. The minimum Gasteiger partial charge on any atom is -0.460 e. The average molecular weight is 884 g/mol. The zero-order valence-corrected chi connectivity index (χ0v) is 38.7. The number of hydrogen-bond acceptors (Lipinski definition) is 14. The van der Waals surface area contributed by atoms with Gasteiger partial charge in [0.1, 0.15) is 22.2 Å². The highest BCUT2D eigenvalue weighted by Crippen LogP contribution is 2.26. The molecule has 2 amide bonds. The minimum absolute atomic E-state index is 0. The highest BCUT2D eigenvalue weighted by atomic mass is 35.5. The number of amides is 2. The van der Waals surface area contributed by atoms with Gasteiger partial charge in [-0.1, -0.05) is 17.0 Å². The van der Waals surface area contributed by atoms with Gasteiger partial charge in [-0.05, 0) is 109 Å². The Morgan fingerprint density at radius 3 is 1.51 bits per heavy atom. The van der Waals surface area contributed by atoms with E-state index in [2.05, 4.69) is 10.3 Å². The molecule has 3 fully saturated rings. The second-order valence-corrected chi connectivity index (χ2v) is 18.3. The summed E-state index contributed by atoms with van der Waals surface area (Å²) >= 11 is 0. The lowest BCUT2D eigenvalue weighted by molar-refractivity contribution is -0.159. The van der Waals surface area contributed by atoms with E-state index in [-0.39, 0.29) is 78.8 Å². The summed E-state index contributed by atoms with van der Waals surface area (Å²) in [5.74, 6) is -0.287. The van der Waals surface area contributed by atoms with E-state index in [0.717, 1.165) is 36.9 Å². The second-order valence-electron chi connectivity index (χ2n) is 18.3. The third-order valence-corrected chi connectivity index (χ3v) is 9.79. The lowest BCUT2D eigenvalue weighted by atomic mass is 9.94. The molecule has 5 rings (SSSR count). The van der Waals surface area contributed by atoms with Crippen molar-refractivity contribution in [3.8, 4) is 0 Å². The molecule has 0 unspecified atom stereocenters. The third kappa shape index (κ3) is 21.2. The quantitative estimate of drug-likeness (QED) is 0.241. The number of rotatable bonds is 11. The van der Waals surface area contributed by atoms with Crippen molar-refractivity contribution in [3.05, 3.63) is 24.3 Å². The number of halogens is 1. The zero-order chi connectivity index (χ0) is 44.6. The van der Waals surface area contributed by atoms with E-state index in [4.69, 9.17) is 34.3 Å². The van der Waals surface area contributed by atoms with E-state index in [9.17, 15) is 24.0 Å². The monoisotopic (exact) mass is 882 g/mol. The largest absolute Gasteiger partial charge is 0.460 e. The Morgan fingerprint density at radius 2 is 1.10 bits per heavy atom. The average Bonchev–Trinajstić information content (AvgIpc) is 3.55. The number of nitrogens with zero attached hydrogens (tertiary/aromatic N) is 5. The lowest BCUT2D eigenvalue weighted by Crippen LogP contribution is -2.37. The molecule has 346 valence electrons. The first-order chi connectivity index (χ1) is 28.1.